The van der Waals surface area contributed by atoms with Gasteiger partial charge in [0.1, 0.15) is 23.8 Å². The van der Waals surface area contributed by atoms with Crippen molar-refractivity contribution >= 4 is 28.9 Å². The molecule has 7 heteroatoms. The molecule has 1 fully saturated rings. The molecule has 4 rings (SSSR count). The molecular weight excluding hydrogens is 395 g/mol. The molecule has 0 saturated carbocycles. The lowest BCUT2D eigenvalue weighted by atomic mass is 9.92. The minimum atomic E-state index is -0.947. The van der Waals surface area contributed by atoms with E-state index >= 15 is 0 Å². The van der Waals surface area contributed by atoms with Gasteiger partial charge in [0.2, 0.25) is 5.91 Å². The number of halogens is 2. The van der Waals surface area contributed by atoms with Gasteiger partial charge < -0.3 is 20.1 Å². The normalized spacial score (nSPS) is 18.2. The van der Waals surface area contributed by atoms with E-state index in [-0.39, 0.29) is 18.2 Å². The Morgan fingerprint density at radius 1 is 1.24 bits per heavy atom. The summed E-state index contributed by atoms with van der Waals surface area (Å²) in [4.78, 5) is 13.8. The smallest absolute Gasteiger partial charge is 0.224 e. The van der Waals surface area contributed by atoms with Gasteiger partial charge in [0.25, 0.3) is 0 Å². The van der Waals surface area contributed by atoms with Crippen molar-refractivity contribution in [2.45, 2.75) is 38.2 Å². The molecule has 2 aliphatic heterocycles. The number of rotatable bonds is 4. The number of aryl methyl sites for hydroxylation is 1. The van der Waals surface area contributed by atoms with Crippen LogP contribution in [0.2, 0.25) is 5.02 Å². The van der Waals surface area contributed by atoms with Gasteiger partial charge in [-0.1, -0.05) is 11.6 Å². The molecule has 2 N–H and O–H groups in total. The fourth-order valence-corrected chi connectivity index (χ4v) is 4.04. The molecule has 5 nitrogen and oxygen atoms in total. The van der Waals surface area contributed by atoms with Crippen LogP contribution < -0.4 is 15.0 Å². The highest BCUT2D eigenvalue weighted by atomic mass is 35.5. The topological polar surface area (TPSA) is 61.8 Å². The van der Waals surface area contributed by atoms with Crippen LogP contribution in [0.25, 0.3) is 0 Å². The third-order valence-electron chi connectivity index (χ3n) is 5.78. The van der Waals surface area contributed by atoms with Crippen molar-refractivity contribution in [3.8, 4) is 5.75 Å². The summed E-state index contributed by atoms with van der Waals surface area (Å²) in [6, 6.07) is 8.81. The Kier molecular flexibility index (Phi) is 5.40. The largest absolute Gasteiger partial charge is 0.490 e. The first-order valence-electron chi connectivity index (χ1n) is 9.82. The zero-order chi connectivity index (χ0) is 20.6. The molecule has 154 valence electrons. The van der Waals surface area contributed by atoms with E-state index < -0.39 is 11.4 Å². The summed E-state index contributed by atoms with van der Waals surface area (Å²) < 4.78 is 19.9. The molecule has 2 aromatic rings. The van der Waals surface area contributed by atoms with Crippen LogP contribution in [0, 0.1) is 12.7 Å². The van der Waals surface area contributed by atoms with Crippen LogP contribution in [0.3, 0.4) is 0 Å². The number of piperidine rings is 1. The molecule has 0 spiro atoms. The van der Waals surface area contributed by atoms with Crippen LogP contribution >= 0.6 is 11.6 Å². The zero-order valence-electron chi connectivity index (χ0n) is 16.3. The molecule has 0 unspecified atom stereocenters. The lowest BCUT2D eigenvalue weighted by Crippen LogP contribution is -2.48. The van der Waals surface area contributed by atoms with Crippen molar-refractivity contribution in [3.05, 3.63) is 52.3 Å². The van der Waals surface area contributed by atoms with Gasteiger partial charge in [-0.15, -0.1) is 0 Å². The molecule has 0 atom stereocenters. The summed E-state index contributed by atoms with van der Waals surface area (Å²) >= 11 is 6.11. The predicted octanol–water partition coefficient (Wildman–Crippen LogP) is 4.08. The average molecular weight is 419 g/mol. The Labute approximate surface area is 174 Å². The Morgan fingerprint density at radius 3 is 2.72 bits per heavy atom. The summed E-state index contributed by atoms with van der Waals surface area (Å²) in [6.07, 6.45) is 1.85. The highest BCUT2D eigenvalue weighted by molar-refractivity contribution is 6.31. The summed E-state index contributed by atoms with van der Waals surface area (Å²) in [7, 11) is 0. The second-order valence-electron chi connectivity index (χ2n) is 7.88. The van der Waals surface area contributed by atoms with Crippen LogP contribution in [-0.4, -0.2) is 36.3 Å². The SMILES string of the molecule is Cc1cc(N2CCC(O)(COc3ccc(F)c4c3CCC(=O)N4)CC2)ccc1Cl. The number of aliphatic hydroxyl groups is 1. The third-order valence-corrected chi connectivity index (χ3v) is 6.21. The first kappa shape index (κ1) is 20.0. The van der Waals surface area contributed by atoms with Crippen LogP contribution in [0.15, 0.2) is 30.3 Å². The van der Waals surface area contributed by atoms with Gasteiger partial charge in [0.15, 0.2) is 0 Å². The average Bonchev–Trinajstić information content (AvgIpc) is 2.71. The maximum absolute atomic E-state index is 14.0. The number of fused-ring (bicyclic) bond motifs is 1. The summed E-state index contributed by atoms with van der Waals surface area (Å²) in [6.45, 7) is 3.52. The maximum atomic E-state index is 14.0. The Bertz CT molecular complexity index is 942. The molecule has 1 amide bonds. The van der Waals surface area contributed by atoms with E-state index in [1.54, 1.807) is 6.07 Å². The number of amides is 1. The Balaban J connectivity index is 1.40. The Morgan fingerprint density at radius 2 is 2.00 bits per heavy atom. The molecule has 29 heavy (non-hydrogen) atoms. The molecule has 2 aliphatic rings. The molecule has 1 saturated heterocycles. The minimum absolute atomic E-state index is 0.131. The number of hydrogen-bond donors (Lipinski definition) is 2. The first-order chi connectivity index (χ1) is 13.8. The molecule has 0 aliphatic carbocycles. The van der Waals surface area contributed by atoms with Crippen molar-refractivity contribution in [3.63, 3.8) is 0 Å². The van der Waals surface area contributed by atoms with Gasteiger partial charge in [-0.25, -0.2) is 4.39 Å². The van der Waals surface area contributed by atoms with Crippen LogP contribution in [-0.2, 0) is 11.2 Å². The summed E-state index contributed by atoms with van der Waals surface area (Å²) in [5.41, 5.74) is 2.03. The number of ether oxygens (including phenoxy) is 1. The molecule has 0 radical (unpaired) electrons. The van der Waals surface area contributed by atoms with E-state index in [0.717, 1.165) is 16.3 Å². The summed E-state index contributed by atoms with van der Waals surface area (Å²) in [5.74, 6) is -0.145. The van der Waals surface area contributed by atoms with Gasteiger partial charge in [0.05, 0.1) is 5.69 Å². The maximum Gasteiger partial charge on any atom is 0.224 e. The zero-order valence-corrected chi connectivity index (χ0v) is 17.1. The first-order valence-corrected chi connectivity index (χ1v) is 10.2. The summed E-state index contributed by atoms with van der Waals surface area (Å²) in [5, 5.41) is 14.3. The third kappa shape index (κ3) is 4.19. The van der Waals surface area contributed by atoms with Crippen LogP contribution in [0.4, 0.5) is 15.8 Å². The lowest BCUT2D eigenvalue weighted by molar-refractivity contribution is -0.116. The molecule has 0 aromatic heterocycles. The van der Waals surface area contributed by atoms with E-state index in [0.29, 0.717) is 50.1 Å². The van der Waals surface area contributed by atoms with Gasteiger partial charge in [-0.05, 0) is 62.1 Å². The monoisotopic (exact) mass is 418 g/mol. The molecule has 0 bridgehead atoms. The number of carbonyl (C=O) groups is 1. The molecular formula is C22H24ClFN2O3. The number of nitrogens with zero attached hydrogens (tertiary/aromatic N) is 1. The van der Waals surface area contributed by atoms with Crippen molar-refractivity contribution < 1.29 is 19.0 Å². The number of nitrogens with one attached hydrogen (secondary N) is 1. The van der Waals surface area contributed by atoms with Crippen molar-refractivity contribution in [1.82, 2.24) is 0 Å². The van der Waals surface area contributed by atoms with Gasteiger partial charge in [-0.3, -0.25) is 4.79 Å². The highest BCUT2D eigenvalue weighted by Gasteiger charge is 2.34. The predicted molar refractivity (Wildman–Crippen MR) is 111 cm³/mol. The van der Waals surface area contributed by atoms with Crippen molar-refractivity contribution in [1.29, 1.82) is 0 Å². The van der Waals surface area contributed by atoms with Gasteiger partial charge in [-0.2, -0.15) is 0 Å². The molecule has 2 aromatic carbocycles. The molecule has 2 heterocycles. The second-order valence-corrected chi connectivity index (χ2v) is 8.29. The fraction of sp³-hybridized carbons (Fsp3) is 0.409. The second kappa shape index (κ2) is 7.84. The van der Waals surface area contributed by atoms with E-state index in [1.807, 2.05) is 19.1 Å². The lowest BCUT2D eigenvalue weighted by Gasteiger charge is -2.39. The number of benzene rings is 2. The number of hydrogen-bond acceptors (Lipinski definition) is 4. The van der Waals surface area contributed by atoms with E-state index in [9.17, 15) is 14.3 Å². The number of anilines is 2. The van der Waals surface area contributed by atoms with E-state index in [1.165, 1.54) is 6.07 Å². The van der Waals surface area contributed by atoms with Gasteiger partial charge in [0, 0.05) is 35.8 Å². The highest BCUT2D eigenvalue weighted by Crippen LogP contribution is 2.35. The Hall–Kier alpha value is -2.31. The van der Waals surface area contributed by atoms with E-state index in [4.69, 9.17) is 16.3 Å². The van der Waals surface area contributed by atoms with Crippen LogP contribution in [0.5, 0.6) is 5.75 Å². The van der Waals surface area contributed by atoms with Crippen molar-refractivity contribution in [2.75, 3.05) is 29.9 Å². The van der Waals surface area contributed by atoms with Crippen LogP contribution in [0.1, 0.15) is 30.4 Å². The standard InChI is InChI=1S/C22H24ClFN2O3/c1-14-12-15(2-4-17(14)23)26-10-8-22(28,9-11-26)13-29-19-6-5-18(24)21-16(19)3-7-20(27)25-21/h2,4-6,12,28H,3,7-11,13H2,1H3,(H,25,27). The van der Waals surface area contributed by atoms with E-state index in [2.05, 4.69) is 16.3 Å². The van der Waals surface area contributed by atoms with Crippen molar-refractivity contribution in [2.24, 2.45) is 0 Å². The number of carbonyl (C=O) groups excluding carboxylic acids is 1. The minimum Gasteiger partial charge on any atom is -0.490 e. The van der Waals surface area contributed by atoms with Gasteiger partial charge >= 0.3 is 0 Å². The quantitative estimate of drug-likeness (QED) is 0.785. The fourth-order valence-electron chi connectivity index (χ4n) is 3.92.